The van der Waals surface area contributed by atoms with Crippen molar-refractivity contribution in [2.75, 3.05) is 0 Å². The van der Waals surface area contributed by atoms with Crippen LogP contribution in [0.5, 0.6) is 0 Å². The summed E-state index contributed by atoms with van der Waals surface area (Å²) < 4.78 is 9.92. The van der Waals surface area contributed by atoms with E-state index in [1.54, 1.807) is 13.0 Å². The Hall–Kier alpha value is -1.25. The second kappa shape index (κ2) is 3.43. The Morgan fingerprint density at radius 1 is 1.58 bits per heavy atom. The van der Waals surface area contributed by atoms with Crippen molar-refractivity contribution >= 4 is 5.97 Å². The molecule has 0 aliphatic carbocycles. The molecular weight excluding hydrogens is 156 g/mol. The van der Waals surface area contributed by atoms with Gasteiger partial charge in [0.2, 0.25) is 0 Å². The van der Waals surface area contributed by atoms with Crippen LogP contribution in [-0.4, -0.2) is 12.1 Å². The zero-order valence-electron chi connectivity index (χ0n) is 7.46. The summed E-state index contributed by atoms with van der Waals surface area (Å²) in [5.74, 6) is 0.270. The van der Waals surface area contributed by atoms with Crippen LogP contribution in [0.1, 0.15) is 20.8 Å². The fourth-order valence-corrected chi connectivity index (χ4v) is 0.804. The van der Waals surface area contributed by atoms with Gasteiger partial charge in [-0.15, -0.1) is 0 Å². The number of ether oxygens (including phenoxy) is 2. The lowest BCUT2D eigenvalue weighted by molar-refractivity contribution is -0.133. The third-order valence-corrected chi connectivity index (χ3v) is 1.32. The van der Waals surface area contributed by atoms with Gasteiger partial charge >= 0.3 is 5.97 Å². The predicted octanol–water partition coefficient (Wildman–Crippen LogP) is 1.76. The molecule has 0 atom stereocenters. The SMILES string of the molecule is CC1=CC(=COC(C)C)C(=O)O1. The Kier molecular flexibility index (Phi) is 2.53. The zero-order chi connectivity index (χ0) is 9.14. The average molecular weight is 168 g/mol. The summed E-state index contributed by atoms with van der Waals surface area (Å²) in [5.41, 5.74) is 0.473. The zero-order valence-corrected chi connectivity index (χ0v) is 7.46. The van der Waals surface area contributed by atoms with Gasteiger partial charge in [0.1, 0.15) is 5.76 Å². The van der Waals surface area contributed by atoms with Gasteiger partial charge in [0.15, 0.2) is 0 Å². The Morgan fingerprint density at radius 3 is 2.67 bits per heavy atom. The van der Waals surface area contributed by atoms with Crippen molar-refractivity contribution in [3.05, 3.63) is 23.7 Å². The van der Waals surface area contributed by atoms with Gasteiger partial charge in [-0.05, 0) is 26.8 Å². The van der Waals surface area contributed by atoms with Crippen molar-refractivity contribution in [3.8, 4) is 0 Å². The number of cyclic esters (lactones) is 1. The molecule has 66 valence electrons. The molecule has 0 saturated heterocycles. The second-order valence-corrected chi connectivity index (χ2v) is 2.90. The number of rotatable bonds is 2. The summed E-state index contributed by atoms with van der Waals surface area (Å²) in [6.07, 6.45) is 3.17. The first kappa shape index (κ1) is 8.84. The molecule has 3 nitrogen and oxygen atoms in total. The average Bonchev–Trinajstić information content (AvgIpc) is 2.26. The minimum absolute atomic E-state index is 0.0830. The molecule has 0 saturated carbocycles. The number of hydrogen-bond acceptors (Lipinski definition) is 3. The molecule has 1 heterocycles. The van der Waals surface area contributed by atoms with E-state index in [2.05, 4.69) is 0 Å². The Labute approximate surface area is 71.7 Å². The lowest BCUT2D eigenvalue weighted by Crippen LogP contribution is -2.00. The molecule has 0 aromatic heterocycles. The third kappa shape index (κ3) is 2.12. The van der Waals surface area contributed by atoms with Gasteiger partial charge in [-0.25, -0.2) is 4.79 Å². The summed E-state index contributed by atoms with van der Waals surface area (Å²) in [7, 11) is 0. The van der Waals surface area contributed by atoms with Crippen LogP contribution in [-0.2, 0) is 14.3 Å². The van der Waals surface area contributed by atoms with Crippen LogP contribution < -0.4 is 0 Å². The van der Waals surface area contributed by atoms with Crippen molar-refractivity contribution in [1.29, 1.82) is 0 Å². The number of allylic oxidation sites excluding steroid dienone is 1. The molecule has 1 aliphatic heterocycles. The summed E-state index contributed by atoms with van der Waals surface area (Å²) in [6, 6.07) is 0. The van der Waals surface area contributed by atoms with Crippen LogP contribution in [0.15, 0.2) is 23.7 Å². The van der Waals surface area contributed by atoms with Crippen LogP contribution in [0.2, 0.25) is 0 Å². The first-order valence-corrected chi connectivity index (χ1v) is 3.85. The topological polar surface area (TPSA) is 35.5 Å². The predicted molar refractivity (Wildman–Crippen MR) is 44.2 cm³/mol. The molecule has 0 fully saturated rings. The van der Waals surface area contributed by atoms with Crippen LogP contribution >= 0.6 is 0 Å². The van der Waals surface area contributed by atoms with Crippen LogP contribution in [0.4, 0.5) is 0 Å². The van der Waals surface area contributed by atoms with E-state index in [0.29, 0.717) is 11.3 Å². The van der Waals surface area contributed by atoms with E-state index in [1.807, 2.05) is 13.8 Å². The number of esters is 1. The quantitative estimate of drug-likeness (QED) is 0.358. The van der Waals surface area contributed by atoms with Gasteiger partial charge in [0.05, 0.1) is 17.9 Å². The molecule has 0 amide bonds. The molecule has 0 bridgehead atoms. The maximum Gasteiger partial charge on any atom is 0.346 e. The van der Waals surface area contributed by atoms with Gasteiger partial charge in [-0.2, -0.15) is 0 Å². The smallest absolute Gasteiger partial charge is 0.346 e. The summed E-state index contributed by atoms with van der Waals surface area (Å²) in [4.78, 5) is 11.0. The normalized spacial score (nSPS) is 19.8. The van der Waals surface area contributed by atoms with Gasteiger partial charge in [0.25, 0.3) is 0 Å². The van der Waals surface area contributed by atoms with E-state index in [1.165, 1.54) is 6.26 Å². The summed E-state index contributed by atoms with van der Waals surface area (Å²) in [5, 5.41) is 0. The van der Waals surface area contributed by atoms with Crippen molar-refractivity contribution in [2.24, 2.45) is 0 Å². The molecule has 1 aliphatic rings. The Bertz CT molecular complexity index is 248. The summed E-state index contributed by atoms with van der Waals surface area (Å²) >= 11 is 0. The highest BCUT2D eigenvalue weighted by atomic mass is 16.5. The fraction of sp³-hybridized carbons (Fsp3) is 0.444. The first-order chi connectivity index (χ1) is 5.59. The van der Waals surface area contributed by atoms with E-state index in [4.69, 9.17) is 9.47 Å². The fourth-order valence-electron chi connectivity index (χ4n) is 0.804. The molecule has 0 aromatic rings. The second-order valence-electron chi connectivity index (χ2n) is 2.90. The van der Waals surface area contributed by atoms with Crippen molar-refractivity contribution in [1.82, 2.24) is 0 Å². The molecule has 0 unspecified atom stereocenters. The third-order valence-electron chi connectivity index (χ3n) is 1.32. The minimum atomic E-state index is -0.340. The van der Waals surface area contributed by atoms with Crippen LogP contribution in [0.3, 0.4) is 0 Å². The molecule has 12 heavy (non-hydrogen) atoms. The standard InChI is InChI=1S/C9H12O3/c1-6(2)11-5-8-4-7(3)12-9(8)10/h4-6H,1-3H3. The molecule has 1 rings (SSSR count). The molecule has 0 radical (unpaired) electrons. The van der Waals surface area contributed by atoms with Gasteiger partial charge < -0.3 is 9.47 Å². The largest absolute Gasteiger partial charge is 0.498 e. The highest BCUT2D eigenvalue weighted by Gasteiger charge is 2.17. The lowest BCUT2D eigenvalue weighted by Gasteiger charge is -2.02. The van der Waals surface area contributed by atoms with E-state index in [-0.39, 0.29) is 12.1 Å². The highest BCUT2D eigenvalue weighted by molar-refractivity contribution is 5.94. The Morgan fingerprint density at radius 2 is 2.25 bits per heavy atom. The van der Waals surface area contributed by atoms with E-state index < -0.39 is 0 Å². The van der Waals surface area contributed by atoms with E-state index >= 15 is 0 Å². The van der Waals surface area contributed by atoms with E-state index in [0.717, 1.165) is 0 Å². The Balaban J connectivity index is 2.63. The van der Waals surface area contributed by atoms with E-state index in [9.17, 15) is 4.79 Å². The minimum Gasteiger partial charge on any atom is -0.498 e. The maximum atomic E-state index is 11.0. The van der Waals surface area contributed by atoms with Crippen molar-refractivity contribution in [2.45, 2.75) is 26.9 Å². The highest BCUT2D eigenvalue weighted by Crippen LogP contribution is 2.16. The van der Waals surface area contributed by atoms with Crippen molar-refractivity contribution < 1.29 is 14.3 Å². The van der Waals surface area contributed by atoms with Crippen molar-refractivity contribution in [3.63, 3.8) is 0 Å². The summed E-state index contributed by atoms with van der Waals surface area (Å²) in [6.45, 7) is 5.52. The number of carbonyl (C=O) groups excluding carboxylic acids is 1. The molecule has 0 aromatic carbocycles. The monoisotopic (exact) mass is 168 g/mol. The van der Waals surface area contributed by atoms with Gasteiger partial charge in [0, 0.05) is 0 Å². The lowest BCUT2D eigenvalue weighted by atomic mass is 10.3. The van der Waals surface area contributed by atoms with Crippen LogP contribution in [0.25, 0.3) is 0 Å². The molecular formula is C9H12O3. The first-order valence-electron chi connectivity index (χ1n) is 3.85. The van der Waals surface area contributed by atoms with Crippen LogP contribution in [0, 0.1) is 0 Å². The molecule has 0 spiro atoms. The van der Waals surface area contributed by atoms with Gasteiger partial charge in [-0.3, -0.25) is 0 Å². The number of carbonyl (C=O) groups is 1. The molecule has 0 N–H and O–H groups in total. The maximum absolute atomic E-state index is 11.0. The van der Waals surface area contributed by atoms with Gasteiger partial charge in [-0.1, -0.05) is 0 Å². The number of hydrogen-bond donors (Lipinski definition) is 0. The molecule has 3 heteroatoms.